The van der Waals surface area contributed by atoms with Gasteiger partial charge in [0.05, 0.1) is 16.3 Å². The Morgan fingerprint density at radius 2 is 1.96 bits per heavy atom. The zero-order chi connectivity index (χ0) is 18.2. The highest BCUT2D eigenvalue weighted by Gasteiger charge is 2.18. The molecule has 0 radical (unpaired) electrons. The van der Waals surface area contributed by atoms with Gasteiger partial charge in [-0.3, -0.25) is 9.48 Å². The van der Waals surface area contributed by atoms with E-state index in [0.717, 1.165) is 28.1 Å². The summed E-state index contributed by atoms with van der Waals surface area (Å²) in [4.78, 5) is 11.3. The third kappa shape index (κ3) is 3.71. The molecule has 1 aromatic carbocycles. The third-order valence-electron chi connectivity index (χ3n) is 4.02. The average molecular weight is 358 g/mol. The first kappa shape index (κ1) is 17.2. The summed E-state index contributed by atoms with van der Waals surface area (Å²) in [5, 5.41) is 13.3. The second kappa shape index (κ2) is 6.33. The van der Waals surface area contributed by atoms with Crippen LogP contribution in [0.3, 0.4) is 0 Å². The lowest BCUT2D eigenvalue weighted by Crippen LogP contribution is -2.12. The van der Waals surface area contributed by atoms with E-state index in [1.807, 2.05) is 31.2 Å². The van der Waals surface area contributed by atoms with E-state index in [1.54, 1.807) is 18.2 Å². The second-order valence-electron chi connectivity index (χ2n) is 6.08. The van der Waals surface area contributed by atoms with Gasteiger partial charge in [-0.1, -0.05) is 24.3 Å². The molecule has 0 unspecified atom stereocenters. The van der Waals surface area contributed by atoms with Gasteiger partial charge < -0.3 is 5.11 Å². The molecule has 0 bridgehead atoms. The molecule has 1 heterocycles. The van der Waals surface area contributed by atoms with Gasteiger partial charge in [0.1, 0.15) is 6.54 Å². The molecular formula is C18H18N2O4S. The van der Waals surface area contributed by atoms with Crippen molar-refractivity contribution in [2.24, 2.45) is 0 Å². The number of nitrogens with zero attached hydrogens (tertiary/aromatic N) is 2. The summed E-state index contributed by atoms with van der Waals surface area (Å²) >= 11 is 0. The monoisotopic (exact) mass is 358 g/mol. The van der Waals surface area contributed by atoms with Crippen molar-refractivity contribution in [2.45, 2.75) is 24.8 Å². The Hall–Kier alpha value is -2.67. The van der Waals surface area contributed by atoms with Crippen LogP contribution in [0.15, 0.2) is 47.4 Å². The molecule has 1 aliphatic rings. The number of aromatic nitrogens is 2. The molecule has 0 fully saturated rings. The molecule has 130 valence electrons. The topological polar surface area (TPSA) is 89.3 Å². The van der Waals surface area contributed by atoms with Crippen molar-refractivity contribution in [1.82, 2.24) is 9.78 Å². The standard InChI is InChI=1S/C18H18N2O4S/c1-12-8-17(20(19-12)11-18(21)22)15-7-6-14(9-15)13-4-3-5-16(10-13)25(2,23)24/h3-8,10H,9,11H2,1-2H3,(H,21,22). The number of sulfone groups is 1. The molecule has 2 aromatic rings. The Kier molecular flexibility index (Phi) is 4.34. The normalized spacial score (nSPS) is 14.3. The van der Waals surface area contributed by atoms with Crippen molar-refractivity contribution in [3.63, 3.8) is 0 Å². The van der Waals surface area contributed by atoms with Crippen molar-refractivity contribution in [3.8, 4) is 0 Å². The largest absolute Gasteiger partial charge is 0.480 e. The van der Waals surface area contributed by atoms with Gasteiger partial charge in [0, 0.05) is 12.7 Å². The molecule has 1 N–H and O–H groups in total. The Labute approximate surface area is 146 Å². The summed E-state index contributed by atoms with van der Waals surface area (Å²) in [6.07, 6.45) is 5.64. The summed E-state index contributed by atoms with van der Waals surface area (Å²) in [6.45, 7) is 1.63. The molecule has 1 aliphatic carbocycles. The van der Waals surface area contributed by atoms with Crippen molar-refractivity contribution < 1.29 is 18.3 Å². The van der Waals surface area contributed by atoms with Gasteiger partial charge in [0.2, 0.25) is 0 Å². The highest BCUT2D eigenvalue weighted by molar-refractivity contribution is 7.90. The number of aliphatic carboxylic acids is 1. The predicted molar refractivity (Wildman–Crippen MR) is 94.7 cm³/mol. The molecule has 6 nitrogen and oxygen atoms in total. The molecule has 0 spiro atoms. The van der Waals surface area contributed by atoms with E-state index in [1.165, 1.54) is 10.9 Å². The zero-order valence-corrected chi connectivity index (χ0v) is 14.7. The van der Waals surface area contributed by atoms with Crippen LogP contribution in [0.25, 0.3) is 11.1 Å². The van der Waals surface area contributed by atoms with Gasteiger partial charge in [-0.05, 0) is 41.8 Å². The zero-order valence-electron chi connectivity index (χ0n) is 13.9. The lowest BCUT2D eigenvalue weighted by molar-refractivity contribution is -0.137. The van der Waals surface area contributed by atoms with Gasteiger partial charge in [0.25, 0.3) is 0 Å². The molecule has 3 rings (SSSR count). The van der Waals surface area contributed by atoms with Gasteiger partial charge in [-0.15, -0.1) is 0 Å². The van der Waals surface area contributed by atoms with Gasteiger partial charge >= 0.3 is 5.97 Å². The third-order valence-corrected chi connectivity index (χ3v) is 5.13. The van der Waals surface area contributed by atoms with Gasteiger partial charge in [0.15, 0.2) is 9.84 Å². The highest BCUT2D eigenvalue weighted by atomic mass is 32.2. The van der Waals surface area contributed by atoms with Crippen LogP contribution in [0.2, 0.25) is 0 Å². The van der Waals surface area contributed by atoms with E-state index in [0.29, 0.717) is 6.42 Å². The number of aryl methyl sites for hydroxylation is 1. The molecule has 0 amide bonds. The molecule has 7 heteroatoms. The Morgan fingerprint density at radius 3 is 2.64 bits per heavy atom. The summed E-state index contributed by atoms with van der Waals surface area (Å²) < 4.78 is 25.0. The smallest absolute Gasteiger partial charge is 0.325 e. The predicted octanol–water partition coefficient (Wildman–Crippen LogP) is 2.55. The maximum atomic E-state index is 11.7. The number of hydrogen-bond acceptors (Lipinski definition) is 4. The minimum Gasteiger partial charge on any atom is -0.480 e. The molecule has 1 aromatic heterocycles. The van der Waals surface area contributed by atoms with Crippen LogP contribution in [-0.2, 0) is 21.2 Å². The van der Waals surface area contributed by atoms with E-state index >= 15 is 0 Å². The van der Waals surface area contributed by atoms with Gasteiger partial charge in [-0.25, -0.2) is 8.42 Å². The molecule has 25 heavy (non-hydrogen) atoms. The van der Waals surface area contributed by atoms with E-state index in [9.17, 15) is 13.2 Å². The Morgan fingerprint density at radius 1 is 1.24 bits per heavy atom. The van der Waals surface area contributed by atoms with Crippen molar-refractivity contribution in [1.29, 1.82) is 0 Å². The van der Waals surface area contributed by atoms with Crippen LogP contribution in [0.4, 0.5) is 0 Å². The number of carboxylic acids is 1. The lowest BCUT2D eigenvalue weighted by Gasteiger charge is -2.09. The van der Waals surface area contributed by atoms with Crippen LogP contribution < -0.4 is 0 Å². The van der Waals surface area contributed by atoms with Crippen LogP contribution in [0.1, 0.15) is 23.4 Å². The van der Waals surface area contributed by atoms with E-state index in [-0.39, 0.29) is 11.4 Å². The first-order valence-corrected chi connectivity index (χ1v) is 9.60. The number of carboxylic acid groups (broad SMARTS) is 1. The molecule has 0 saturated heterocycles. The summed E-state index contributed by atoms with van der Waals surface area (Å²) in [6, 6.07) is 8.70. The second-order valence-corrected chi connectivity index (χ2v) is 8.10. The van der Waals surface area contributed by atoms with E-state index in [4.69, 9.17) is 5.11 Å². The molecule has 0 aliphatic heterocycles. The number of carbonyl (C=O) groups is 1. The summed E-state index contributed by atoms with van der Waals surface area (Å²) in [5.74, 6) is -0.947. The van der Waals surface area contributed by atoms with Gasteiger partial charge in [-0.2, -0.15) is 5.10 Å². The molecular weight excluding hydrogens is 340 g/mol. The number of hydrogen-bond donors (Lipinski definition) is 1. The minimum atomic E-state index is -3.26. The fourth-order valence-electron chi connectivity index (χ4n) is 2.88. The van der Waals surface area contributed by atoms with Crippen molar-refractivity contribution in [2.75, 3.05) is 6.26 Å². The summed E-state index contributed by atoms with van der Waals surface area (Å²) in [7, 11) is -3.26. The number of benzene rings is 1. The summed E-state index contributed by atoms with van der Waals surface area (Å²) in [5.41, 5.74) is 4.31. The Balaban J connectivity index is 1.86. The number of allylic oxidation sites excluding steroid dienone is 4. The van der Waals surface area contributed by atoms with E-state index in [2.05, 4.69) is 5.10 Å². The lowest BCUT2D eigenvalue weighted by atomic mass is 10.0. The molecule has 0 atom stereocenters. The maximum Gasteiger partial charge on any atom is 0.325 e. The SMILES string of the molecule is Cc1cc(C2=CC=C(c3cccc(S(C)(=O)=O)c3)C2)n(CC(=O)O)n1. The maximum absolute atomic E-state index is 11.7. The first-order chi connectivity index (χ1) is 11.7. The van der Waals surface area contributed by atoms with Crippen LogP contribution >= 0.6 is 0 Å². The van der Waals surface area contributed by atoms with Crippen LogP contribution in [-0.4, -0.2) is 35.5 Å². The van der Waals surface area contributed by atoms with Crippen molar-refractivity contribution in [3.05, 3.63) is 59.4 Å². The van der Waals surface area contributed by atoms with Crippen molar-refractivity contribution >= 4 is 27.0 Å². The minimum absolute atomic E-state index is 0.195. The quantitative estimate of drug-likeness (QED) is 0.887. The number of rotatable bonds is 5. The molecule has 0 saturated carbocycles. The van der Waals surface area contributed by atoms with Crippen LogP contribution in [0, 0.1) is 6.92 Å². The fourth-order valence-corrected chi connectivity index (χ4v) is 3.54. The Bertz CT molecular complexity index is 1010. The fraction of sp³-hybridized carbons (Fsp3) is 0.222. The van der Waals surface area contributed by atoms with E-state index < -0.39 is 15.8 Å². The van der Waals surface area contributed by atoms with Crippen LogP contribution in [0.5, 0.6) is 0 Å². The first-order valence-electron chi connectivity index (χ1n) is 7.71. The highest BCUT2D eigenvalue weighted by Crippen LogP contribution is 2.34. The average Bonchev–Trinajstić information content (AvgIpc) is 3.13.